The second-order valence-electron chi connectivity index (χ2n) is 8.62. The van der Waals surface area contributed by atoms with Crippen molar-refractivity contribution in [3.63, 3.8) is 0 Å². The SMILES string of the molecule is CCC1(C)[C@@H](Nc2cncc(C(F)(F)F)n2)CO[C@H](CNCCc2ccc(C(=O)O)cc2)[C@@H]1O. The second kappa shape index (κ2) is 10.7. The first-order chi connectivity index (χ1) is 16.0. The smallest absolute Gasteiger partial charge is 0.434 e. The number of carboxylic acid groups (broad SMARTS) is 1. The van der Waals surface area contributed by atoms with E-state index in [1.54, 1.807) is 24.3 Å². The maximum absolute atomic E-state index is 13.0. The Morgan fingerprint density at radius 2 is 1.97 bits per heavy atom. The molecule has 0 spiro atoms. The minimum absolute atomic E-state index is 0.0270. The maximum Gasteiger partial charge on any atom is 0.434 e. The van der Waals surface area contributed by atoms with E-state index in [0.29, 0.717) is 32.1 Å². The largest absolute Gasteiger partial charge is 0.478 e. The number of aliphatic hydroxyl groups excluding tert-OH is 1. The average molecular weight is 483 g/mol. The van der Waals surface area contributed by atoms with Crippen LogP contribution in [0, 0.1) is 5.41 Å². The van der Waals surface area contributed by atoms with E-state index in [0.717, 1.165) is 5.56 Å². The Morgan fingerprint density at radius 3 is 2.59 bits per heavy atom. The van der Waals surface area contributed by atoms with Gasteiger partial charge in [-0.15, -0.1) is 0 Å². The van der Waals surface area contributed by atoms with Gasteiger partial charge in [-0.3, -0.25) is 4.98 Å². The zero-order valence-corrected chi connectivity index (χ0v) is 19.0. The van der Waals surface area contributed by atoms with Crippen LogP contribution in [-0.2, 0) is 17.3 Å². The van der Waals surface area contributed by atoms with Gasteiger partial charge in [0.05, 0.1) is 42.8 Å². The fraction of sp³-hybridized carbons (Fsp3) is 0.522. The molecule has 0 amide bonds. The molecule has 4 atom stereocenters. The molecule has 0 bridgehead atoms. The predicted molar refractivity (Wildman–Crippen MR) is 119 cm³/mol. The van der Waals surface area contributed by atoms with Crippen LogP contribution < -0.4 is 10.6 Å². The number of alkyl halides is 3. The van der Waals surface area contributed by atoms with E-state index >= 15 is 0 Å². The highest BCUT2D eigenvalue weighted by molar-refractivity contribution is 5.87. The molecule has 0 saturated carbocycles. The third kappa shape index (κ3) is 6.02. The van der Waals surface area contributed by atoms with Crippen LogP contribution in [0.5, 0.6) is 0 Å². The molecule has 186 valence electrons. The Hall–Kier alpha value is -2.76. The van der Waals surface area contributed by atoms with Gasteiger partial charge < -0.3 is 25.6 Å². The number of carboxylic acids is 1. The molecule has 0 radical (unpaired) electrons. The summed E-state index contributed by atoms with van der Waals surface area (Å²) < 4.78 is 44.7. The third-order valence-electron chi connectivity index (χ3n) is 6.45. The summed E-state index contributed by atoms with van der Waals surface area (Å²) in [5.74, 6) is -0.999. The van der Waals surface area contributed by atoms with Crippen LogP contribution in [0.4, 0.5) is 19.0 Å². The zero-order chi connectivity index (χ0) is 24.9. The lowest BCUT2D eigenvalue weighted by Crippen LogP contribution is -2.60. The van der Waals surface area contributed by atoms with Crippen LogP contribution in [0.1, 0.15) is 41.9 Å². The van der Waals surface area contributed by atoms with E-state index < -0.39 is 41.5 Å². The van der Waals surface area contributed by atoms with Gasteiger partial charge in [0, 0.05) is 12.0 Å². The number of rotatable bonds is 9. The van der Waals surface area contributed by atoms with Crippen LogP contribution in [0.25, 0.3) is 0 Å². The summed E-state index contributed by atoms with van der Waals surface area (Å²) in [5.41, 5.74) is -0.554. The van der Waals surface area contributed by atoms with E-state index in [-0.39, 0.29) is 18.0 Å². The van der Waals surface area contributed by atoms with Crippen molar-refractivity contribution in [1.29, 1.82) is 0 Å². The topological polar surface area (TPSA) is 117 Å². The lowest BCUT2D eigenvalue weighted by Gasteiger charge is -2.48. The molecule has 2 aromatic rings. The highest BCUT2D eigenvalue weighted by atomic mass is 19.4. The first-order valence-corrected chi connectivity index (χ1v) is 11.0. The molecular weight excluding hydrogens is 453 g/mol. The van der Waals surface area contributed by atoms with E-state index in [1.165, 1.54) is 6.20 Å². The number of aromatic nitrogens is 2. The van der Waals surface area contributed by atoms with Gasteiger partial charge in [-0.05, 0) is 37.1 Å². The summed E-state index contributed by atoms with van der Waals surface area (Å²) >= 11 is 0. The summed E-state index contributed by atoms with van der Waals surface area (Å²) in [5, 5.41) is 26.2. The number of aliphatic hydroxyl groups is 1. The Kier molecular flexibility index (Phi) is 8.11. The molecule has 1 aliphatic heterocycles. The highest BCUT2D eigenvalue weighted by Crippen LogP contribution is 2.38. The van der Waals surface area contributed by atoms with Gasteiger partial charge >= 0.3 is 12.1 Å². The number of hydrogen-bond acceptors (Lipinski definition) is 7. The number of carbonyl (C=O) groups is 1. The second-order valence-corrected chi connectivity index (χ2v) is 8.62. The maximum atomic E-state index is 13.0. The lowest BCUT2D eigenvalue weighted by molar-refractivity contribution is -0.148. The van der Waals surface area contributed by atoms with Gasteiger partial charge in [0.25, 0.3) is 0 Å². The Morgan fingerprint density at radius 1 is 1.26 bits per heavy atom. The quantitative estimate of drug-likeness (QED) is 0.403. The molecule has 1 saturated heterocycles. The average Bonchev–Trinajstić information content (AvgIpc) is 2.81. The molecule has 0 aliphatic carbocycles. The van der Waals surface area contributed by atoms with E-state index in [9.17, 15) is 23.1 Å². The molecule has 3 rings (SSSR count). The standard InChI is InChI=1S/C23H29F3N4O4/c1-3-22(2)18(30-19-12-28-11-17(29-19)23(24,25)26)13-34-16(20(22)31)10-27-9-8-14-4-6-15(7-5-14)21(32)33/h4-7,11-12,16,18,20,27,31H,3,8-10,13H2,1-2H3,(H,29,30)(H,32,33)/t16-,18+,20+,22?/m1/s1. The van der Waals surface area contributed by atoms with Crippen molar-refractivity contribution >= 4 is 11.8 Å². The number of aromatic carboxylic acids is 1. The fourth-order valence-electron chi connectivity index (χ4n) is 4.01. The highest BCUT2D eigenvalue weighted by Gasteiger charge is 2.47. The van der Waals surface area contributed by atoms with Gasteiger partial charge in [0.1, 0.15) is 5.82 Å². The van der Waals surface area contributed by atoms with Crippen molar-refractivity contribution in [3.05, 3.63) is 53.5 Å². The molecular formula is C23H29F3N4O4. The van der Waals surface area contributed by atoms with Crippen molar-refractivity contribution in [2.24, 2.45) is 5.41 Å². The van der Waals surface area contributed by atoms with Crippen LogP contribution in [-0.4, -0.2) is 64.1 Å². The number of nitrogens with zero attached hydrogens (tertiary/aromatic N) is 2. The fourth-order valence-corrected chi connectivity index (χ4v) is 4.01. The Labute approximate surface area is 195 Å². The van der Waals surface area contributed by atoms with E-state index in [4.69, 9.17) is 9.84 Å². The number of anilines is 1. The summed E-state index contributed by atoms with van der Waals surface area (Å²) in [6.07, 6.45) is -2.85. The number of benzene rings is 1. The molecule has 1 aromatic heterocycles. The summed E-state index contributed by atoms with van der Waals surface area (Å²) in [7, 11) is 0. The van der Waals surface area contributed by atoms with E-state index in [2.05, 4.69) is 20.6 Å². The first-order valence-electron chi connectivity index (χ1n) is 11.0. The minimum atomic E-state index is -4.60. The Balaban J connectivity index is 1.56. The van der Waals surface area contributed by atoms with Gasteiger partial charge in [-0.2, -0.15) is 13.2 Å². The molecule has 11 heteroatoms. The number of hydrogen-bond donors (Lipinski definition) is 4. The molecule has 34 heavy (non-hydrogen) atoms. The molecule has 8 nitrogen and oxygen atoms in total. The molecule has 1 unspecified atom stereocenters. The third-order valence-corrected chi connectivity index (χ3v) is 6.45. The molecule has 1 fully saturated rings. The van der Waals surface area contributed by atoms with Crippen molar-refractivity contribution in [2.45, 2.75) is 51.1 Å². The van der Waals surface area contributed by atoms with Gasteiger partial charge in [-0.1, -0.05) is 26.0 Å². The molecule has 2 heterocycles. The summed E-state index contributed by atoms with van der Waals surface area (Å²) in [6.45, 7) is 4.95. The zero-order valence-electron chi connectivity index (χ0n) is 19.0. The Bertz CT molecular complexity index is 973. The molecule has 1 aliphatic rings. The number of halogens is 3. The van der Waals surface area contributed by atoms with Crippen LogP contribution >= 0.6 is 0 Å². The lowest BCUT2D eigenvalue weighted by atomic mass is 9.71. The number of nitrogens with one attached hydrogen (secondary N) is 2. The first kappa shape index (κ1) is 25.9. The van der Waals surface area contributed by atoms with Crippen molar-refractivity contribution in [1.82, 2.24) is 15.3 Å². The summed E-state index contributed by atoms with van der Waals surface area (Å²) in [6, 6.07) is 6.17. The normalized spacial score (nSPS) is 25.2. The van der Waals surface area contributed by atoms with Gasteiger partial charge in [-0.25, -0.2) is 9.78 Å². The molecule has 1 aromatic carbocycles. The van der Waals surface area contributed by atoms with Crippen LogP contribution in [0.2, 0.25) is 0 Å². The van der Waals surface area contributed by atoms with Crippen LogP contribution in [0.15, 0.2) is 36.7 Å². The number of ether oxygens (including phenoxy) is 1. The van der Waals surface area contributed by atoms with Gasteiger partial charge in [0.2, 0.25) is 0 Å². The monoisotopic (exact) mass is 482 g/mol. The van der Waals surface area contributed by atoms with Crippen molar-refractivity contribution in [3.8, 4) is 0 Å². The molecule has 4 N–H and O–H groups in total. The van der Waals surface area contributed by atoms with Crippen molar-refractivity contribution in [2.75, 3.05) is 25.0 Å². The minimum Gasteiger partial charge on any atom is -0.478 e. The summed E-state index contributed by atoms with van der Waals surface area (Å²) in [4.78, 5) is 18.2. The predicted octanol–water partition coefficient (Wildman–Crippen LogP) is 2.98. The van der Waals surface area contributed by atoms with Crippen LogP contribution in [0.3, 0.4) is 0 Å². The van der Waals surface area contributed by atoms with Crippen molar-refractivity contribution < 1.29 is 32.9 Å². The van der Waals surface area contributed by atoms with Gasteiger partial charge in [0.15, 0.2) is 5.69 Å². The van der Waals surface area contributed by atoms with E-state index in [1.807, 2.05) is 13.8 Å².